The Bertz CT molecular complexity index is 490. The van der Waals surface area contributed by atoms with Gasteiger partial charge >= 0.3 is 0 Å². The zero-order valence-electron chi connectivity index (χ0n) is 7.41. The monoisotopic (exact) mass is 318 g/mol. The number of halogens is 1. The van der Waals surface area contributed by atoms with Crippen LogP contribution in [0.2, 0.25) is 0 Å². The van der Waals surface area contributed by atoms with E-state index in [1.165, 1.54) is 11.3 Å². The third kappa shape index (κ3) is 1.42. The van der Waals surface area contributed by atoms with Crippen molar-refractivity contribution in [2.45, 2.75) is 0 Å². The number of ether oxygens (including phenoxy) is 1. The summed E-state index contributed by atoms with van der Waals surface area (Å²) in [5, 5.41) is 1.09. The smallest absolute Gasteiger partial charge is 0.161 e. The maximum Gasteiger partial charge on any atom is 0.161 e. The molecule has 2 rings (SSSR count). The molecule has 2 nitrogen and oxygen atoms in total. The maximum atomic E-state index is 10.8. The molecule has 2 aromatic rings. The Morgan fingerprint density at radius 3 is 2.93 bits per heavy atom. The number of thiophene rings is 1. The summed E-state index contributed by atoms with van der Waals surface area (Å²) in [6.07, 6.45) is 0.895. The molecule has 0 spiro atoms. The molecule has 14 heavy (non-hydrogen) atoms. The molecule has 0 N–H and O–H groups in total. The van der Waals surface area contributed by atoms with E-state index < -0.39 is 0 Å². The highest BCUT2D eigenvalue weighted by atomic mass is 127. The third-order valence-corrected chi connectivity index (χ3v) is 4.64. The van der Waals surface area contributed by atoms with Crippen molar-refractivity contribution in [3.63, 3.8) is 0 Å². The minimum absolute atomic E-state index is 0.769. The van der Waals surface area contributed by atoms with E-state index in [4.69, 9.17) is 4.74 Å². The average Bonchev–Trinajstić information content (AvgIpc) is 2.55. The number of aldehydes is 1. The summed E-state index contributed by atoms with van der Waals surface area (Å²) in [5.41, 5.74) is 0. The SMILES string of the molecule is COc1cccc2c(I)c(C=O)sc12. The van der Waals surface area contributed by atoms with Crippen LogP contribution in [0.4, 0.5) is 0 Å². The van der Waals surface area contributed by atoms with Crippen LogP contribution in [0.1, 0.15) is 9.67 Å². The lowest BCUT2D eigenvalue weighted by Gasteiger charge is -1.99. The third-order valence-electron chi connectivity index (χ3n) is 1.97. The summed E-state index contributed by atoms with van der Waals surface area (Å²) in [6, 6.07) is 5.84. The highest BCUT2D eigenvalue weighted by Gasteiger charge is 2.11. The Balaban J connectivity index is 2.83. The van der Waals surface area contributed by atoms with Gasteiger partial charge in [-0.05, 0) is 28.7 Å². The highest BCUT2D eigenvalue weighted by Crippen LogP contribution is 2.37. The van der Waals surface area contributed by atoms with Crippen LogP contribution in [0.5, 0.6) is 5.75 Å². The predicted octanol–water partition coefficient (Wildman–Crippen LogP) is 3.33. The first-order valence-electron chi connectivity index (χ1n) is 3.98. The molecule has 1 aromatic heterocycles. The van der Waals surface area contributed by atoms with Gasteiger partial charge in [-0.2, -0.15) is 0 Å². The lowest BCUT2D eigenvalue weighted by Crippen LogP contribution is -1.81. The number of rotatable bonds is 2. The maximum absolute atomic E-state index is 10.8. The second kappa shape index (κ2) is 3.86. The van der Waals surface area contributed by atoms with Crippen molar-refractivity contribution in [2.24, 2.45) is 0 Å². The van der Waals surface area contributed by atoms with Gasteiger partial charge in [0.2, 0.25) is 0 Å². The van der Waals surface area contributed by atoms with Gasteiger partial charge in [0.1, 0.15) is 5.75 Å². The second-order valence-corrected chi connectivity index (χ2v) is 4.87. The number of carbonyl (C=O) groups excluding carboxylic acids is 1. The molecular formula is C10H7IO2S. The zero-order valence-corrected chi connectivity index (χ0v) is 10.4. The number of hydrogen-bond donors (Lipinski definition) is 0. The number of hydrogen-bond acceptors (Lipinski definition) is 3. The number of carbonyl (C=O) groups is 1. The Kier molecular flexibility index (Phi) is 2.73. The molecule has 1 heterocycles. The van der Waals surface area contributed by atoms with Crippen molar-refractivity contribution in [1.29, 1.82) is 0 Å². The van der Waals surface area contributed by atoms with E-state index in [0.717, 1.165) is 30.6 Å². The summed E-state index contributed by atoms with van der Waals surface area (Å²) >= 11 is 3.67. The Hall–Kier alpha value is -0.620. The Morgan fingerprint density at radius 1 is 1.50 bits per heavy atom. The molecule has 0 bridgehead atoms. The van der Waals surface area contributed by atoms with Gasteiger partial charge in [0.15, 0.2) is 6.29 Å². The van der Waals surface area contributed by atoms with E-state index in [-0.39, 0.29) is 0 Å². The van der Waals surface area contributed by atoms with E-state index in [1.807, 2.05) is 18.2 Å². The molecule has 0 aliphatic rings. The molecule has 0 amide bonds. The summed E-state index contributed by atoms with van der Waals surface area (Å²) in [4.78, 5) is 11.5. The second-order valence-electron chi connectivity index (χ2n) is 2.74. The predicted molar refractivity (Wildman–Crippen MR) is 66.5 cm³/mol. The first-order chi connectivity index (χ1) is 6.77. The first-order valence-corrected chi connectivity index (χ1v) is 5.87. The van der Waals surface area contributed by atoms with E-state index in [2.05, 4.69) is 22.6 Å². The van der Waals surface area contributed by atoms with Crippen molar-refractivity contribution >= 4 is 50.3 Å². The van der Waals surface area contributed by atoms with Crippen LogP contribution in [0, 0.1) is 3.57 Å². The topological polar surface area (TPSA) is 26.3 Å². The standard InChI is InChI=1S/C10H7IO2S/c1-13-7-4-2-3-6-9(11)8(5-12)14-10(6)7/h2-5H,1H3. The summed E-state index contributed by atoms with van der Waals surface area (Å²) in [5.74, 6) is 0.832. The van der Waals surface area contributed by atoms with Crippen molar-refractivity contribution in [3.05, 3.63) is 26.6 Å². The minimum atomic E-state index is 0.769. The fraction of sp³-hybridized carbons (Fsp3) is 0.100. The van der Waals surface area contributed by atoms with Gasteiger partial charge in [0, 0.05) is 8.96 Å². The number of benzene rings is 1. The molecule has 0 saturated heterocycles. The molecule has 1 aromatic carbocycles. The van der Waals surface area contributed by atoms with Crippen molar-refractivity contribution < 1.29 is 9.53 Å². The van der Waals surface area contributed by atoms with Gasteiger partial charge in [-0.3, -0.25) is 4.79 Å². The number of methoxy groups -OCH3 is 1. The van der Waals surface area contributed by atoms with Crippen LogP contribution >= 0.6 is 33.9 Å². The summed E-state index contributed by atoms with van der Waals surface area (Å²) < 4.78 is 7.29. The average molecular weight is 318 g/mol. The molecule has 0 saturated carbocycles. The van der Waals surface area contributed by atoms with Crippen LogP contribution in [0.3, 0.4) is 0 Å². The normalized spacial score (nSPS) is 10.4. The lowest BCUT2D eigenvalue weighted by atomic mass is 10.2. The van der Waals surface area contributed by atoms with Gasteiger partial charge < -0.3 is 4.74 Å². The van der Waals surface area contributed by atoms with Crippen LogP contribution in [-0.4, -0.2) is 13.4 Å². The summed E-state index contributed by atoms with van der Waals surface area (Å²) in [6.45, 7) is 0. The molecule has 72 valence electrons. The lowest BCUT2D eigenvalue weighted by molar-refractivity contribution is 0.112. The molecule has 0 fully saturated rings. The molecule has 4 heteroatoms. The largest absolute Gasteiger partial charge is 0.495 e. The van der Waals surface area contributed by atoms with Gasteiger partial charge in [0.05, 0.1) is 16.7 Å². The van der Waals surface area contributed by atoms with E-state index in [0.29, 0.717) is 0 Å². The molecule has 0 aliphatic heterocycles. The molecular weight excluding hydrogens is 311 g/mol. The van der Waals surface area contributed by atoms with Crippen LogP contribution in [0.15, 0.2) is 18.2 Å². The molecule has 0 unspecified atom stereocenters. The van der Waals surface area contributed by atoms with E-state index >= 15 is 0 Å². The van der Waals surface area contributed by atoms with Crippen molar-refractivity contribution in [1.82, 2.24) is 0 Å². The van der Waals surface area contributed by atoms with Crippen molar-refractivity contribution in [2.75, 3.05) is 7.11 Å². The Morgan fingerprint density at radius 2 is 2.29 bits per heavy atom. The van der Waals surface area contributed by atoms with Crippen LogP contribution in [-0.2, 0) is 0 Å². The quantitative estimate of drug-likeness (QED) is 0.627. The Labute approximate surface area is 99.0 Å². The van der Waals surface area contributed by atoms with E-state index in [1.54, 1.807) is 7.11 Å². The van der Waals surface area contributed by atoms with E-state index in [9.17, 15) is 4.79 Å². The van der Waals surface area contributed by atoms with Crippen molar-refractivity contribution in [3.8, 4) is 5.75 Å². The fourth-order valence-corrected chi connectivity index (χ4v) is 3.41. The fourth-order valence-electron chi connectivity index (χ4n) is 1.32. The van der Waals surface area contributed by atoms with Gasteiger partial charge in [-0.15, -0.1) is 11.3 Å². The van der Waals surface area contributed by atoms with Gasteiger partial charge in [-0.1, -0.05) is 12.1 Å². The highest BCUT2D eigenvalue weighted by molar-refractivity contribution is 14.1. The molecule has 0 atom stereocenters. The van der Waals surface area contributed by atoms with Crippen LogP contribution in [0.25, 0.3) is 10.1 Å². The van der Waals surface area contributed by atoms with Gasteiger partial charge in [-0.25, -0.2) is 0 Å². The summed E-state index contributed by atoms with van der Waals surface area (Å²) in [7, 11) is 1.64. The first kappa shape index (κ1) is 9.92. The number of fused-ring (bicyclic) bond motifs is 1. The minimum Gasteiger partial charge on any atom is -0.495 e. The van der Waals surface area contributed by atoms with Crippen LogP contribution < -0.4 is 4.74 Å². The molecule has 0 aliphatic carbocycles. The molecule has 0 radical (unpaired) electrons. The zero-order chi connectivity index (χ0) is 10.1. The van der Waals surface area contributed by atoms with Gasteiger partial charge in [0.25, 0.3) is 0 Å².